The number of aromatic amines is 1. The summed E-state index contributed by atoms with van der Waals surface area (Å²) in [5, 5.41) is 0. The minimum Gasteiger partial charge on any atom is -0.372 e. The summed E-state index contributed by atoms with van der Waals surface area (Å²) < 4.78 is 0. The lowest BCUT2D eigenvalue weighted by Crippen LogP contribution is -2.17. The first kappa shape index (κ1) is 9.46. The van der Waals surface area contributed by atoms with Crippen LogP contribution >= 0.6 is 0 Å². The molecule has 0 amide bonds. The van der Waals surface area contributed by atoms with Gasteiger partial charge >= 0.3 is 0 Å². The van der Waals surface area contributed by atoms with Gasteiger partial charge in [-0.15, -0.1) is 0 Å². The number of aromatic nitrogens is 2. The molecule has 3 nitrogen and oxygen atoms in total. The van der Waals surface area contributed by atoms with Crippen LogP contribution in [0.15, 0.2) is 36.7 Å². The molecule has 1 N–H and O–H groups in total. The van der Waals surface area contributed by atoms with Crippen LogP contribution in [-0.2, 0) is 0 Å². The van der Waals surface area contributed by atoms with Crippen LogP contribution in [0.1, 0.15) is 12.8 Å². The second-order valence-corrected chi connectivity index (χ2v) is 4.18. The molecule has 3 heteroatoms. The van der Waals surface area contributed by atoms with Crippen LogP contribution in [0.2, 0.25) is 0 Å². The third kappa shape index (κ3) is 1.69. The Hall–Kier alpha value is -1.77. The van der Waals surface area contributed by atoms with Gasteiger partial charge in [-0.2, -0.15) is 0 Å². The lowest BCUT2D eigenvalue weighted by Gasteiger charge is -2.17. The zero-order chi connectivity index (χ0) is 10.8. The Balaban J connectivity index is 1.93. The number of H-pyrrole nitrogens is 1. The fraction of sp³-hybridized carbons (Fsp3) is 0.308. The minimum atomic E-state index is 0.945. The molecule has 0 unspecified atom stereocenters. The Labute approximate surface area is 95.1 Å². The fourth-order valence-electron chi connectivity index (χ4n) is 2.25. The molecule has 1 aromatic carbocycles. The minimum absolute atomic E-state index is 0.945. The highest BCUT2D eigenvalue weighted by atomic mass is 15.1. The van der Waals surface area contributed by atoms with Crippen molar-refractivity contribution in [1.82, 2.24) is 9.97 Å². The van der Waals surface area contributed by atoms with Crippen LogP contribution in [0, 0.1) is 0 Å². The Bertz CT molecular complexity index is 456. The number of nitrogens with zero attached hydrogens (tertiary/aromatic N) is 2. The van der Waals surface area contributed by atoms with E-state index in [1.54, 1.807) is 6.20 Å². The van der Waals surface area contributed by atoms with Gasteiger partial charge in [-0.25, -0.2) is 4.98 Å². The van der Waals surface area contributed by atoms with Gasteiger partial charge < -0.3 is 9.88 Å². The number of benzene rings is 1. The average Bonchev–Trinajstić information content (AvgIpc) is 3.03. The summed E-state index contributed by atoms with van der Waals surface area (Å²) in [5.74, 6) is 0.945. The molecule has 1 aromatic heterocycles. The highest BCUT2D eigenvalue weighted by Gasteiger charge is 2.12. The molecule has 1 saturated heterocycles. The molecule has 82 valence electrons. The molecule has 0 atom stereocenters. The van der Waals surface area contributed by atoms with Crippen molar-refractivity contribution in [2.75, 3.05) is 18.0 Å². The molecule has 1 aliphatic heterocycles. The molecular weight excluding hydrogens is 198 g/mol. The molecular formula is C13H15N3. The van der Waals surface area contributed by atoms with E-state index in [0.717, 1.165) is 11.4 Å². The summed E-state index contributed by atoms with van der Waals surface area (Å²) >= 11 is 0. The predicted molar refractivity (Wildman–Crippen MR) is 65.5 cm³/mol. The Morgan fingerprint density at radius 2 is 2.06 bits per heavy atom. The molecule has 2 aromatic rings. The maximum absolute atomic E-state index is 4.28. The van der Waals surface area contributed by atoms with Crippen LogP contribution < -0.4 is 4.90 Å². The van der Waals surface area contributed by atoms with E-state index in [1.165, 1.54) is 31.6 Å². The van der Waals surface area contributed by atoms with E-state index in [4.69, 9.17) is 0 Å². The van der Waals surface area contributed by atoms with E-state index in [1.807, 2.05) is 6.20 Å². The summed E-state index contributed by atoms with van der Waals surface area (Å²) in [6.45, 7) is 2.36. The molecule has 0 spiro atoms. The summed E-state index contributed by atoms with van der Waals surface area (Å²) in [7, 11) is 0. The van der Waals surface area contributed by atoms with Crippen molar-refractivity contribution in [3.63, 3.8) is 0 Å². The van der Waals surface area contributed by atoms with Gasteiger partial charge in [-0.3, -0.25) is 0 Å². The molecule has 0 aliphatic carbocycles. The van der Waals surface area contributed by atoms with Gasteiger partial charge in [0.1, 0.15) is 5.82 Å². The number of anilines is 1. The zero-order valence-electron chi connectivity index (χ0n) is 9.19. The van der Waals surface area contributed by atoms with Crippen molar-refractivity contribution in [3.8, 4) is 11.4 Å². The summed E-state index contributed by atoms with van der Waals surface area (Å²) in [4.78, 5) is 9.86. The van der Waals surface area contributed by atoms with Crippen LogP contribution in [0.25, 0.3) is 11.4 Å². The van der Waals surface area contributed by atoms with Crippen molar-refractivity contribution in [2.24, 2.45) is 0 Å². The second kappa shape index (κ2) is 4.00. The van der Waals surface area contributed by atoms with Crippen molar-refractivity contribution >= 4 is 5.69 Å². The van der Waals surface area contributed by atoms with Gasteiger partial charge in [0.15, 0.2) is 0 Å². The first-order chi connectivity index (χ1) is 7.93. The maximum Gasteiger partial charge on any atom is 0.137 e. The van der Waals surface area contributed by atoms with E-state index < -0.39 is 0 Å². The molecule has 16 heavy (non-hydrogen) atoms. The van der Waals surface area contributed by atoms with Gasteiger partial charge in [0.2, 0.25) is 0 Å². The number of hydrogen-bond donors (Lipinski definition) is 1. The summed E-state index contributed by atoms with van der Waals surface area (Å²) in [5.41, 5.74) is 2.47. The largest absolute Gasteiger partial charge is 0.372 e. The van der Waals surface area contributed by atoms with Gasteiger partial charge in [0.05, 0.1) is 0 Å². The maximum atomic E-state index is 4.28. The van der Waals surface area contributed by atoms with Crippen molar-refractivity contribution in [3.05, 3.63) is 36.7 Å². The van der Waals surface area contributed by atoms with Gasteiger partial charge in [0, 0.05) is 36.7 Å². The monoisotopic (exact) mass is 213 g/mol. The Morgan fingerprint density at radius 3 is 2.81 bits per heavy atom. The predicted octanol–water partition coefficient (Wildman–Crippen LogP) is 2.68. The number of rotatable bonds is 2. The summed E-state index contributed by atoms with van der Waals surface area (Å²) in [6.07, 6.45) is 6.27. The first-order valence-corrected chi connectivity index (χ1v) is 5.78. The molecule has 2 heterocycles. The van der Waals surface area contributed by atoms with Gasteiger partial charge in [0.25, 0.3) is 0 Å². The number of hydrogen-bond acceptors (Lipinski definition) is 2. The quantitative estimate of drug-likeness (QED) is 0.831. The molecule has 3 rings (SSSR count). The fourth-order valence-corrected chi connectivity index (χ4v) is 2.25. The summed E-state index contributed by atoms with van der Waals surface area (Å²) in [6, 6.07) is 8.59. The van der Waals surface area contributed by atoms with Crippen LogP contribution in [0.5, 0.6) is 0 Å². The SMILES string of the molecule is c1cc(-c2ncc[nH]2)cc(N2CCCC2)c1. The van der Waals surface area contributed by atoms with Gasteiger partial charge in [-0.05, 0) is 25.0 Å². The third-order valence-electron chi connectivity index (χ3n) is 3.09. The normalized spacial score (nSPS) is 15.6. The second-order valence-electron chi connectivity index (χ2n) is 4.18. The molecule has 0 saturated carbocycles. The average molecular weight is 213 g/mol. The van der Waals surface area contributed by atoms with E-state index in [2.05, 4.69) is 39.1 Å². The number of imidazole rings is 1. The zero-order valence-corrected chi connectivity index (χ0v) is 9.19. The standard InChI is InChI=1S/C13H15N3/c1-2-9-16(8-1)12-5-3-4-11(10-12)13-14-6-7-15-13/h3-7,10H,1-2,8-9H2,(H,14,15). The highest BCUT2D eigenvalue weighted by Crippen LogP contribution is 2.24. The lowest BCUT2D eigenvalue weighted by atomic mass is 10.2. The van der Waals surface area contributed by atoms with E-state index in [0.29, 0.717) is 0 Å². The lowest BCUT2D eigenvalue weighted by molar-refractivity contribution is 0.949. The van der Waals surface area contributed by atoms with Crippen LogP contribution in [0.3, 0.4) is 0 Å². The highest BCUT2D eigenvalue weighted by molar-refractivity contribution is 5.63. The molecule has 1 aliphatic rings. The van der Waals surface area contributed by atoms with Crippen molar-refractivity contribution < 1.29 is 0 Å². The van der Waals surface area contributed by atoms with Crippen LogP contribution in [-0.4, -0.2) is 23.1 Å². The Kier molecular flexibility index (Phi) is 2.37. The molecule has 1 fully saturated rings. The van der Waals surface area contributed by atoms with Crippen molar-refractivity contribution in [1.29, 1.82) is 0 Å². The van der Waals surface area contributed by atoms with E-state index in [9.17, 15) is 0 Å². The number of nitrogens with one attached hydrogen (secondary N) is 1. The van der Waals surface area contributed by atoms with Crippen molar-refractivity contribution in [2.45, 2.75) is 12.8 Å². The van der Waals surface area contributed by atoms with E-state index >= 15 is 0 Å². The molecule has 0 bridgehead atoms. The molecule has 0 radical (unpaired) electrons. The van der Waals surface area contributed by atoms with E-state index in [-0.39, 0.29) is 0 Å². The third-order valence-corrected chi connectivity index (χ3v) is 3.09. The topological polar surface area (TPSA) is 31.9 Å². The van der Waals surface area contributed by atoms with Crippen LogP contribution in [0.4, 0.5) is 5.69 Å². The Morgan fingerprint density at radius 1 is 1.19 bits per heavy atom. The first-order valence-electron chi connectivity index (χ1n) is 5.78. The van der Waals surface area contributed by atoms with Gasteiger partial charge in [-0.1, -0.05) is 12.1 Å². The smallest absolute Gasteiger partial charge is 0.137 e.